The molecule has 0 aliphatic carbocycles. The second-order valence-corrected chi connectivity index (χ2v) is 10.1. The summed E-state index contributed by atoms with van der Waals surface area (Å²) in [6, 6.07) is 40.0. The molecule has 1 aliphatic rings. The first-order chi connectivity index (χ1) is 20.1. The lowest BCUT2D eigenvalue weighted by Gasteiger charge is -2.41. The first-order valence-corrected chi connectivity index (χ1v) is 13.7. The van der Waals surface area contributed by atoms with E-state index < -0.39 is 17.9 Å². The minimum atomic E-state index is -1.03. The molecule has 1 N–H and O–H groups in total. The van der Waals surface area contributed by atoms with Crippen LogP contribution in [0.25, 0.3) is 16.9 Å². The van der Waals surface area contributed by atoms with Gasteiger partial charge in [0.05, 0.1) is 23.8 Å². The molecule has 0 bridgehead atoms. The van der Waals surface area contributed by atoms with Gasteiger partial charge in [-0.2, -0.15) is 0 Å². The second kappa shape index (κ2) is 11.5. The summed E-state index contributed by atoms with van der Waals surface area (Å²) in [5.41, 5.74) is 4.50. The van der Waals surface area contributed by atoms with Gasteiger partial charge in [-0.1, -0.05) is 109 Å². The van der Waals surface area contributed by atoms with Crippen molar-refractivity contribution in [1.29, 1.82) is 0 Å². The monoisotopic (exact) mass is 542 g/mol. The van der Waals surface area contributed by atoms with E-state index in [2.05, 4.69) is 0 Å². The van der Waals surface area contributed by atoms with E-state index in [1.165, 1.54) is 4.90 Å². The molecule has 0 spiro atoms. The molecule has 5 aromatic rings. The fraction of sp³-hybridized carbons (Fsp3) is 0.147. The van der Waals surface area contributed by atoms with E-state index in [0.717, 1.165) is 28.1 Å². The molecule has 1 fully saturated rings. The molecular weight excluding hydrogens is 512 g/mol. The molecule has 41 heavy (non-hydrogen) atoms. The highest BCUT2D eigenvalue weighted by molar-refractivity contribution is 5.91. The number of hydrogen-bond acceptors (Lipinski definition) is 4. The largest absolute Gasteiger partial charge is 0.480 e. The summed E-state index contributed by atoms with van der Waals surface area (Å²) >= 11 is 0. The molecule has 0 unspecified atom stereocenters. The number of benzene rings is 4. The number of para-hydroxylation sites is 1. The summed E-state index contributed by atoms with van der Waals surface area (Å²) in [5, 5.41) is 15.2. The van der Waals surface area contributed by atoms with Crippen molar-refractivity contribution in [1.82, 2.24) is 14.7 Å². The van der Waals surface area contributed by atoms with E-state index in [-0.39, 0.29) is 19.0 Å². The van der Waals surface area contributed by atoms with Crippen molar-refractivity contribution in [3.63, 3.8) is 0 Å². The van der Waals surface area contributed by atoms with Crippen LogP contribution in [-0.4, -0.2) is 57.3 Å². The fourth-order valence-corrected chi connectivity index (χ4v) is 5.50. The Morgan fingerprint density at radius 3 is 1.83 bits per heavy atom. The Hall–Kier alpha value is -5.17. The molecule has 6 rings (SSSR count). The number of nitrogens with zero attached hydrogens (tertiary/aromatic N) is 4. The third-order valence-electron chi connectivity index (χ3n) is 7.55. The van der Waals surface area contributed by atoms with Gasteiger partial charge in [-0.15, -0.1) is 5.10 Å². The van der Waals surface area contributed by atoms with Crippen LogP contribution in [0.4, 0.5) is 5.82 Å². The van der Waals surface area contributed by atoms with Crippen molar-refractivity contribution in [3.8, 4) is 16.9 Å². The van der Waals surface area contributed by atoms with Gasteiger partial charge in [0.25, 0.3) is 0 Å². The number of anilines is 1. The maximum atomic E-state index is 14.1. The Kier molecular flexibility index (Phi) is 7.32. The summed E-state index contributed by atoms with van der Waals surface area (Å²) in [4.78, 5) is 30.2. The summed E-state index contributed by atoms with van der Waals surface area (Å²) in [7, 11) is 0. The van der Waals surface area contributed by atoms with Crippen LogP contribution in [-0.2, 0) is 9.59 Å². The van der Waals surface area contributed by atoms with E-state index in [9.17, 15) is 14.7 Å². The molecule has 7 nitrogen and oxygen atoms in total. The zero-order chi connectivity index (χ0) is 28.2. The number of carboxylic acids is 1. The first kappa shape index (κ1) is 26.1. The van der Waals surface area contributed by atoms with Crippen molar-refractivity contribution in [2.75, 3.05) is 24.5 Å². The van der Waals surface area contributed by atoms with Gasteiger partial charge in [0.1, 0.15) is 6.04 Å². The third-order valence-corrected chi connectivity index (χ3v) is 7.55. The van der Waals surface area contributed by atoms with Crippen molar-refractivity contribution < 1.29 is 14.7 Å². The quantitative estimate of drug-likeness (QED) is 0.295. The molecule has 0 saturated carbocycles. The molecule has 2 heterocycles. The van der Waals surface area contributed by atoms with Gasteiger partial charge < -0.3 is 14.9 Å². The lowest BCUT2D eigenvalue weighted by Crippen LogP contribution is -2.59. The lowest BCUT2D eigenvalue weighted by atomic mass is 9.89. The lowest BCUT2D eigenvalue weighted by molar-refractivity contribution is -0.151. The Morgan fingerprint density at radius 1 is 0.732 bits per heavy atom. The number of aromatic nitrogens is 2. The van der Waals surface area contributed by atoms with Crippen molar-refractivity contribution >= 4 is 17.7 Å². The number of piperazine rings is 1. The highest BCUT2D eigenvalue weighted by Crippen LogP contribution is 2.31. The molecule has 1 saturated heterocycles. The minimum absolute atomic E-state index is 0.136. The van der Waals surface area contributed by atoms with E-state index in [1.807, 2.05) is 137 Å². The number of carbonyl (C=O) groups is 2. The molecule has 1 amide bonds. The summed E-state index contributed by atoms with van der Waals surface area (Å²) < 4.78 is 1.89. The predicted molar refractivity (Wildman–Crippen MR) is 159 cm³/mol. The molecule has 204 valence electrons. The van der Waals surface area contributed by atoms with Crippen LogP contribution >= 0.6 is 0 Å². The van der Waals surface area contributed by atoms with Crippen LogP contribution in [0.15, 0.2) is 127 Å². The van der Waals surface area contributed by atoms with Crippen molar-refractivity contribution in [2.24, 2.45) is 0 Å². The molecule has 1 atom stereocenters. The Balaban J connectivity index is 1.32. The van der Waals surface area contributed by atoms with Crippen LogP contribution in [0.5, 0.6) is 0 Å². The highest BCUT2D eigenvalue weighted by atomic mass is 16.4. The van der Waals surface area contributed by atoms with Crippen molar-refractivity contribution in [2.45, 2.75) is 12.0 Å². The normalized spacial score (nSPS) is 15.2. The molecule has 7 heteroatoms. The van der Waals surface area contributed by atoms with E-state index in [0.29, 0.717) is 12.4 Å². The van der Waals surface area contributed by atoms with E-state index in [1.54, 1.807) is 0 Å². The fourth-order valence-electron chi connectivity index (χ4n) is 5.50. The molecule has 0 radical (unpaired) electrons. The maximum absolute atomic E-state index is 14.1. The molecule has 1 aliphatic heterocycles. The third kappa shape index (κ3) is 5.34. The van der Waals surface area contributed by atoms with Gasteiger partial charge in [-0.3, -0.25) is 4.79 Å². The number of amides is 1. The number of carboxylic acid groups (broad SMARTS) is 1. The Labute approximate surface area is 238 Å². The highest BCUT2D eigenvalue weighted by Gasteiger charge is 2.39. The topological polar surface area (TPSA) is 78.7 Å². The number of hydrogen-bond donors (Lipinski definition) is 1. The number of rotatable bonds is 7. The van der Waals surface area contributed by atoms with Crippen molar-refractivity contribution in [3.05, 3.63) is 139 Å². The number of carbonyl (C=O) groups excluding carboxylic acids is 1. The minimum Gasteiger partial charge on any atom is -0.480 e. The summed E-state index contributed by atoms with van der Waals surface area (Å²) in [6.45, 7) is 0.869. The van der Waals surface area contributed by atoms with Crippen LogP contribution in [0.3, 0.4) is 0 Å². The average Bonchev–Trinajstić information content (AvgIpc) is 3.48. The first-order valence-electron chi connectivity index (χ1n) is 13.7. The zero-order valence-electron chi connectivity index (χ0n) is 22.5. The van der Waals surface area contributed by atoms with Gasteiger partial charge in [0, 0.05) is 24.7 Å². The van der Waals surface area contributed by atoms with Gasteiger partial charge in [-0.25, -0.2) is 9.48 Å². The standard InChI is InChI=1S/C34H30N4O3/c39-33(32(26-15-7-2-8-16-26)27-17-9-3-10-18-27)37-22-21-36(24-30(37)34(40)41)31-23-29(25-13-5-1-6-14-25)38(35-31)28-19-11-4-12-20-28/h1-20,23,30,32H,21-22,24H2,(H,40,41)/t30-/m0/s1. The maximum Gasteiger partial charge on any atom is 0.328 e. The van der Waals surface area contributed by atoms with Gasteiger partial charge >= 0.3 is 5.97 Å². The SMILES string of the molecule is O=C(O)[C@@H]1CN(c2cc(-c3ccccc3)n(-c3ccccc3)n2)CCN1C(=O)C(c1ccccc1)c1ccccc1. The summed E-state index contributed by atoms with van der Waals surface area (Å²) in [5.74, 6) is -1.16. The predicted octanol–water partition coefficient (Wildman–Crippen LogP) is 5.47. The second-order valence-electron chi connectivity index (χ2n) is 10.1. The van der Waals surface area contributed by atoms with Gasteiger partial charge in [0.15, 0.2) is 5.82 Å². The molecular formula is C34H30N4O3. The van der Waals surface area contributed by atoms with Crippen LogP contribution in [0, 0.1) is 0 Å². The Bertz CT molecular complexity index is 1530. The van der Waals surface area contributed by atoms with E-state index in [4.69, 9.17) is 5.10 Å². The van der Waals surface area contributed by atoms with E-state index >= 15 is 0 Å². The van der Waals surface area contributed by atoms with Crippen LogP contribution in [0.2, 0.25) is 0 Å². The zero-order valence-corrected chi connectivity index (χ0v) is 22.5. The van der Waals surface area contributed by atoms with Gasteiger partial charge in [0.2, 0.25) is 5.91 Å². The van der Waals surface area contributed by atoms with Gasteiger partial charge in [-0.05, 0) is 23.3 Å². The smallest absolute Gasteiger partial charge is 0.328 e. The average molecular weight is 543 g/mol. The number of aliphatic carboxylic acids is 1. The Morgan fingerprint density at radius 2 is 1.27 bits per heavy atom. The summed E-state index contributed by atoms with van der Waals surface area (Å²) in [6.07, 6.45) is 0. The van der Waals surface area contributed by atoms with Crippen LogP contribution in [0.1, 0.15) is 17.0 Å². The molecule has 4 aromatic carbocycles. The van der Waals surface area contributed by atoms with Crippen LogP contribution < -0.4 is 4.90 Å². The molecule has 1 aromatic heterocycles.